The predicted octanol–water partition coefficient (Wildman–Crippen LogP) is 2.06. The number of carbonyl (C=O) groups excluding carboxylic acids is 1. The van der Waals surface area contributed by atoms with Crippen molar-refractivity contribution < 1.29 is 22.4 Å². The van der Waals surface area contributed by atoms with E-state index in [1.807, 2.05) is 0 Å². The van der Waals surface area contributed by atoms with Crippen LogP contribution in [-0.4, -0.2) is 34.1 Å². The van der Waals surface area contributed by atoms with Gasteiger partial charge in [-0.05, 0) is 32.1 Å². The summed E-state index contributed by atoms with van der Waals surface area (Å²) in [5, 5.41) is 2.64. The fourth-order valence-corrected chi connectivity index (χ4v) is 2.91. The largest absolute Gasteiger partial charge is 0.455 e. The molecule has 1 amide bonds. The fourth-order valence-electron chi connectivity index (χ4n) is 1.82. The maximum atomic E-state index is 11.8. The summed E-state index contributed by atoms with van der Waals surface area (Å²) in [4.78, 5) is 11.6. The topological polar surface area (TPSA) is 85.6 Å². The third-order valence-corrected chi connectivity index (χ3v) is 4.59. The van der Waals surface area contributed by atoms with E-state index in [2.05, 4.69) is 5.32 Å². The highest BCUT2D eigenvalue weighted by molar-refractivity contribution is 8.13. The molecule has 0 radical (unpaired) electrons. The lowest BCUT2D eigenvalue weighted by Crippen LogP contribution is -2.24. The van der Waals surface area contributed by atoms with Crippen molar-refractivity contribution >= 4 is 25.6 Å². The molecule has 0 aliphatic heterocycles. The summed E-state index contributed by atoms with van der Waals surface area (Å²) in [6, 6.07) is 1.14. The minimum absolute atomic E-state index is 0.0642. The fraction of sp³-hybridized carbons (Fsp3) is 0.615. The average molecular weight is 336 g/mol. The number of aryl methyl sites for hydroxylation is 1. The lowest BCUT2D eigenvalue weighted by Gasteiger charge is -2.04. The molecular formula is C13H18ClNO5S. The summed E-state index contributed by atoms with van der Waals surface area (Å²) >= 11 is 0. The number of furan rings is 1. The molecule has 0 atom stereocenters. The molecule has 0 saturated heterocycles. The van der Waals surface area contributed by atoms with Gasteiger partial charge in [-0.15, -0.1) is 0 Å². The first kappa shape index (κ1) is 16.3. The normalized spacial score (nSPS) is 15.1. The van der Waals surface area contributed by atoms with Crippen LogP contribution in [0.2, 0.25) is 0 Å². The molecule has 8 heteroatoms. The van der Waals surface area contributed by atoms with Gasteiger partial charge in [0.2, 0.25) is 0 Å². The van der Waals surface area contributed by atoms with Gasteiger partial charge in [0.15, 0.2) is 5.76 Å². The van der Waals surface area contributed by atoms with Crippen molar-refractivity contribution in [1.29, 1.82) is 0 Å². The Morgan fingerprint density at radius 2 is 2.24 bits per heavy atom. The number of amides is 1. The molecule has 118 valence electrons. The number of hydrogen-bond acceptors (Lipinski definition) is 5. The molecule has 6 nitrogen and oxygen atoms in total. The van der Waals surface area contributed by atoms with E-state index in [0.717, 1.165) is 18.6 Å². The van der Waals surface area contributed by atoms with Crippen LogP contribution in [0.3, 0.4) is 0 Å². The zero-order valence-electron chi connectivity index (χ0n) is 11.7. The van der Waals surface area contributed by atoms with Crippen LogP contribution in [0.5, 0.6) is 0 Å². The van der Waals surface area contributed by atoms with E-state index >= 15 is 0 Å². The molecule has 0 spiro atoms. The van der Waals surface area contributed by atoms with Gasteiger partial charge in [0.05, 0.1) is 0 Å². The summed E-state index contributed by atoms with van der Waals surface area (Å²) in [6.07, 6.45) is 3.19. The molecule has 1 aromatic heterocycles. The molecule has 1 aliphatic rings. The van der Waals surface area contributed by atoms with Crippen molar-refractivity contribution in [2.45, 2.75) is 31.1 Å². The van der Waals surface area contributed by atoms with Crippen LogP contribution in [0.15, 0.2) is 15.4 Å². The Balaban J connectivity index is 1.75. The first-order valence-corrected chi connectivity index (χ1v) is 9.10. The van der Waals surface area contributed by atoms with E-state index in [-0.39, 0.29) is 16.4 Å². The summed E-state index contributed by atoms with van der Waals surface area (Å²) in [5.74, 6) is 0.294. The monoisotopic (exact) mass is 335 g/mol. The Kier molecular flexibility index (Phi) is 5.29. The van der Waals surface area contributed by atoms with Crippen LogP contribution in [-0.2, 0) is 13.8 Å². The van der Waals surface area contributed by atoms with Crippen LogP contribution < -0.4 is 5.32 Å². The minimum Gasteiger partial charge on any atom is -0.455 e. The van der Waals surface area contributed by atoms with Crippen molar-refractivity contribution in [3.05, 3.63) is 17.6 Å². The van der Waals surface area contributed by atoms with Crippen molar-refractivity contribution in [3.8, 4) is 0 Å². The van der Waals surface area contributed by atoms with Gasteiger partial charge in [-0.25, -0.2) is 8.42 Å². The second-order valence-electron chi connectivity index (χ2n) is 5.10. The Hall–Kier alpha value is -1.05. The van der Waals surface area contributed by atoms with E-state index in [1.165, 1.54) is 19.8 Å². The molecule has 1 aromatic rings. The number of ether oxygens (including phenoxy) is 1. The smallest absolute Gasteiger partial charge is 0.287 e. The van der Waals surface area contributed by atoms with Crippen LogP contribution >= 0.6 is 10.7 Å². The summed E-state index contributed by atoms with van der Waals surface area (Å²) < 4.78 is 33.0. The molecule has 1 N–H and O–H groups in total. The first-order valence-electron chi connectivity index (χ1n) is 6.79. The number of hydrogen-bond donors (Lipinski definition) is 1. The zero-order valence-corrected chi connectivity index (χ0v) is 13.3. The Morgan fingerprint density at radius 3 is 2.81 bits per heavy atom. The molecule has 0 unspecified atom stereocenters. The highest BCUT2D eigenvalue weighted by atomic mass is 35.7. The Bertz CT molecular complexity index is 606. The van der Waals surface area contributed by atoms with Crippen molar-refractivity contribution in [2.24, 2.45) is 5.92 Å². The van der Waals surface area contributed by atoms with Crippen molar-refractivity contribution in [2.75, 3.05) is 19.8 Å². The maximum Gasteiger partial charge on any atom is 0.287 e. The summed E-state index contributed by atoms with van der Waals surface area (Å²) in [7, 11) is 1.34. The van der Waals surface area contributed by atoms with Crippen molar-refractivity contribution in [1.82, 2.24) is 5.32 Å². The van der Waals surface area contributed by atoms with Crippen LogP contribution in [0.1, 0.15) is 35.6 Å². The van der Waals surface area contributed by atoms with Crippen LogP contribution in [0.25, 0.3) is 0 Å². The van der Waals surface area contributed by atoms with Crippen molar-refractivity contribution in [3.63, 3.8) is 0 Å². The van der Waals surface area contributed by atoms with Gasteiger partial charge < -0.3 is 14.5 Å². The maximum absolute atomic E-state index is 11.8. The number of carbonyl (C=O) groups is 1. The molecule has 0 aromatic carbocycles. The third-order valence-electron chi connectivity index (χ3n) is 3.16. The highest BCUT2D eigenvalue weighted by Gasteiger charge is 2.22. The molecule has 21 heavy (non-hydrogen) atoms. The van der Waals surface area contributed by atoms with Gasteiger partial charge in [-0.3, -0.25) is 4.79 Å². The van der Waals surface area contributed by atoms with Crippen LogP contribution in [0.4, 0.5) is 0 Å². The average Bonchev–Trinajstić information content (AvgIpc) is 3.12. The van der Waals surface area contributed by atoms with E-state index in [0.29, 0.717) is 19.6 Å². The molecule has 0 bridgehead atoms. The number of nitrogens with one attached hydrogen (secondary N) is 1. The van der Waals surface area contributed by atoms with Gasteiger partial charge in [0.1, 0.15) is 10.7 Å². The first-order chi connectivity index (χ1) is 9.88. The van der Waals surface area contributed by atoms with Gasteiger partial charge in [-0.1, -0.05) is 0 Å². The zero-order chi connectivity index (χ0) is 15.5. The second kappa shape index (κ2) is 6.81. The van der Waals surface area contributed by atoms with Gasteiger partial charge in [0.25, 0.3) is 15.0 Å². The second-order valence-corrected chi connectivity index (χ2v) is 7.63. The van der Waals surface area contributed by atoms with E-state index in [9.17, 15) is 13.2 Å². The quantitative estimate of drug-likeness (QED) is 0.580. The SMILES string of the molecule is Cc1oc(C(=O)NCCCOCC2CC2)cc1S(=O)(=O)Cl. The van der Waals surface area contributed by atoms with E-state index < -0.39 is 15.0 Å². The lowest BCUT2D eigenvalue weighted by molar-refractivity contribution is 0.0909. The number of halogens is 1. The van der Waals surface area contributed by atoms with E-state index in [4.69, 9.17) is 19.8 Å². The Labute approximate surface area is 128 Å². The Morgan fingerprint density at radius 1 is 1.52 bits per heavy atom. The standard InChI is InChI=1S/C13H18ClNO5S/c1-9-12(21(14,17)18)7-11(20-9)13(16)15-5-2-6-19-8-10-3-4-10/h7,10H,2-6,8H2,1H3,(H,15,16). The van der Waals surface area contributed by atoms with Gasteiger partial charge >= 0.3 is 0 Å². The van der Waals surface area contributed by atoms with Gasteiger partial charge in [0, 0.05) is 36.5 Å². The molecule has 2 rings (SSSR count). The highest BCUT2D eigenvalue weighted by Crippen LogP contribution is 2.28. The summed E-state index contributed by atoms with van der Waals surface area (Å²) in [6.45, 7) is 3.27. The molecule has 1 fully saturated rings. The minimum atomic E-state index is -3.90. The molecule has 1 saturated carbocycles. The summed E-state index contributed by atoms with van der Waals surface area (Å²) in [5.41, 5.74) is 0. The predicted molar refractivity (Wildman–Crippen MR) is 77.0 cm³/mol. The third kappa shape index (κ3) is 5.01. The lowest BCUT2D eigenvalue weighted by atomic mass is 10.4. The number of rotatable bonds is 8. The molecule has 1 heterocycles. The molecular weight excluding hydrogens is 318 g/mol. The van der Waals surface area contributed by atoms with Crippen LogP contribution in [0, 0.1) is 12.8 Å². The molecule has 1 aliphatic carbocycles. The van der Waals surface area contributed by atoms with Gasteiger partial charge in [-0.2, -0.15) is 0 Å². The van der Waals surface area contributed by atoms with E-state index in [1.54, 1.807) is 0 Å².